The number of halogens is 1. The number of anilines is 1. The summed E-state index contributed by atoms with van der Waals surface area (Å²) in [6.07, 6.45) is 0.609. The highest BCUT2D eigenvalue weighted by molar-refractivity contribution is 5.85. The Labute approximate surface area is 109 Å². The zero-order valence-electron chi connectivity index (χ0n) is 11.6. The van der Waals surface area contributed by atoms with Gasteiger partial charge in [0.25, 0.3) is 0 Å². The van der Waals surface area contributed by atoms with Gasteiger partial charge in [-0.2, -0.15) is 0 Å². The number of nitrogens with zero attached hydrogens (tertiary/aromatic N) is 1. The molecular weight excluding hydrogens is 229 g/mol. The van der Waals surface area contributed by atoms with Crippen LogP contribution in [0, 0.1) is 17.7 Å². The van der Waals surface area contributed by atoms with E-state index < -0.39 is 5.82 Å². The van der Waals surface area contributed by atoms with E-state index >= 15 is 0 Å². The van der Waals surface area contributed by atoms with Crippen molar-refractivity contribution in [2.75, 3.05) is 18.0 Å². The maximum Gasteiger partial charge on any atom is 0.155 e. The van der Waals surface area contributed by atoms with Crippen LogP contribution in [0.15, 0.2) is 18.2 Å². The highest BCUT2D eigenvalue weighted by Crippen LogP contribution is 2.23. The summed E-state index contributed by atoms with van der Waals surface area (Å²) in [6.45, 7) is 10.1. The molecule has 0 saturated carbocycles. The summed E-state index contributed by atoms with van der Waals surface area (Å²) >= 11 is 0. The second-order valence-electron chi connectivity index (χ2n) is 5.48. The molecule has 1 rings (SSSR count). The summed E-state index contributed by atoms with van der Waals surface area (Å²) in [5, 5.41) is 0. The smallest absolute Gasteiger partial charge is 0.155 e. The van der Waals surface area contributed by atoms with Gasteiger partial charge in [-0.1, -0.05) is 33.8 Å². The lowest BCUT2D eigenvalue weighted by Gasteiger charge is -2.29. The Morgan fingerprint density at radius 1 is 1.17 bits per heavy atom. The van der Waals surface area contributed by atoms with Crippen LogP contribution in [0.1, 0.15) is 38.1 Å². The van der Waals surface area contributed by atoms with Crippen molar-refractivity contribution in [3.63, 3.8) is 0 Å². The van der Waals surface area contributed by atoms with Gasteiger partial charge in [0, 0.05) is 13.1 Å². The molecule has 3 heteroatoms. The van der Waals surface area contributed by atoms with Crippen molar-refractivity contribution in [3.8, 4) is 0 Å². The summed E-state index contributed by atoms with van der Waals surface area (Å²) in [5.74, 6) is 0.484. The number of aldehydes is 1. The van der Waals surface area contributed by atoms with Gasteiger partial charge in [-0.25, -0.2) is 4.39 Å². The van der Waals surface area contributed by atoms with E-state index in [0.29, 0.717) is 23.8 Å². The third kappa shape index (κ3) is 3.83. The van der Waals surface area contributed by atoms with Crippen LogP contribution in [0.5, 0.6) is 0 Å². The third-order valence-corrected chi connectivity index (χ3v) is 2.66. The summed E-state index contributed by atoms with van der Waals surface area (Å²) in [4.78, 5) is 13.2. The minimum absolute atomic E-state index is 0.166. The van der Waals surface area contributed by atoms with Crippen LogP contribution in [0.25, 0.3) is 0 Å². The fourth-order valence-corrected chi connectivity index (χ4v) is 2.07. The summed E-state index contributed by atoms with van der Waals surface area (Å²) in [6, 6.07) is 4.80. The van der Waals surface area contributed by atoms with Gasteiger partial charge in [-0.05, 0) is 24.0 Å². The maximum absolute atomic E-state index is 13.6. The molecule has 0 aliphatic rings. The van der Waals surface area contributed by atoms with Crippen LogP contribution >= 0.6 is 0 Å². The van der Waals surface area contributed by atoms with Gasteiger partial charge >= 0.3 is 0 Å². The van der Waals surface area contributed by atoms with Gasteiger partial charge in [0.05, 0.1) is 11.3 Å². The van der Waals surface area contributed by atoms with Crippen LogP contribution in [0.3, 0.4) is 0 Å². The van der Waals surface area contributed by atoms with Gasteiger partial charge < -0.3 is 4.90 Å². The molecular formula is C15H22FNO. The van der Waals surface area contributed by atoms with Gasteiger partial charge in [-0.15, -0.1) is 0 Å². The molecule has 2 nitrogen and oxygen atoms in total. The van der Waals surface area contributed by atoms with Crippen molar-refractivity contribution >= 4 is 12.0 Å². The number of carbonyl (C=O) groups excluding carboxylic acids is 1. The molecule has 0 N–H and O–H groups in total. The first kappa shape index (κ1) is 14.7. The van der Waals surface area contributed by atoms with Crippen LogP contribution in [0.2, 0.25) is 0 Å². The molecule has 0 radical (unpaired) electrons. The topological polar surface area (TPSA) is 20.3 Å². The molecule has 0 fully saturated rings. The molecule has 1 aromatic carbocycles. The molecule has 0 unspecified atom stereocenters. The molecule has 0 bridgehead atoms. The SMILES string of the molecule is CC(C)CN(CC(C)C)c1cccc(F)c1C=O. The molecule has 0 saturated heterocycles. The van der Waals surface area contributed by atoms with Gasteiger partial charge in [-0.3, -0.25) is 4.79 Å². The van der Waals surface area contributed by atoms with Crippen molar-refractivity contribution in [2.45, 2.75) is 27.7 Å². The summed E-state index contributed by atoms with van der Waals surface area (Å²) < 4.78 is 13.6. The average Bonchev–Trinajstić information content (AvgIpc) is 2.26. The van der Waals surface area contributed by atoms with Crippen LogP contribution in [-0.2, 0) is 0 Å². The highest BCUT2D eigenvalue weighted by Gasteiger charge is 2.16. The monoisotopic (exact) mass is 251 g/mol. The number of rotatable bonds is 6. The largest absolute Gasteiger partial charge is 0.370 e. The van der Waals surface area contributed by atoms with Gasteiger partial charge in [0.1, 0.15) is 5.82 Å². The number of benzene rings is 1. The average molecular weight is 251 g/mol. The lowest BCUT2D eigenvalue weighted by atomic mass is 10.1. The molecule has 0 atom stereocenters. The quantitative estimate of drug-likeness (QED) is 0.717. The minimum Gasteiger partial charge on any atom is -0.370 e. The first-order valence-electron chi connectivity index (χ1n) is 6.44. The van der Waals surface area contributed by atoms with Gasteiger partial charge in [0.2, 0.25) is 0 Å². The lowest BCUT2D eigenvalue weighted by molar-refractivity contribution is 0.112. The first-order valence-corrected chi connectivity index (χ1v) is 6.44. The Kier molecular flexibility index (Phi) is 5.32. The van der Waals surface area contributed by atoms with Crippen LogP contribution in [-0.4, -0.2) is 19.4 Å². The molecule has 0 aromatic heterocycles. The predicted octanol–water partition coefficient (Wildman–Crippen LogP) is 3.76. The van der Waals surface area contributed by atoms with E-state index in [2.05, 4.69) is 32.6 Å². The molecule has 18 heavy (non-hydrogen) atoms. The predicted molar refractivity (Wildman–Crippen MR) is 73.7 cm³/mol. The number of hydrogen-bond acceptors (Lipinski definition) is 2. The normalized spacial score (nSPS) is 11.1. The van der Waals surface area contributed by atoms with E-state index in [0.717, 1.165) is 13.1 Å². The number of carbonyl (C=O) groups is 1. The zero-order chi connectivity index (χ0) is 13.7. The van der Waals surface area contributed by atoms with E-state index in [1.165, 1.54) is 6.07 Å². The summed E-state index contributed by atoms with van der Waals surface area (Å²) in [7, 11) is 0. The summed E-state index contributed by atoms with van der Waals surface area (Å²) in [5.41, 5.74) is 0.867. The fraction of sp³-hybridized carbons (Fsp3) is 0.533. The Morgan fingerprint density at radius 3 is 2.17 bits per heavy atom. The molecule has 100 valence electrons. The Bertz CT molecular complexity index is 391. The standard InChI is InChI=1S/C15H22FNO/c1-11(2)8-17(9-12(3)4)15-7-5-6-14(16)13(15)10-18/h5-7,10-12H,8-9H2,1-4H3. The molecule has 1 aromatic rings. The molecule has 0 aliphatic heterocycles. The molecule has 0 spiro atoms. The number of hydrogen-bond donors (Lipinski definition) is 0. The van der Waals surface area contributed by atoms with E-state index in [4.69, 9.17) is 0 Å². The molecule has 0 amide bonds. The second kappa shape index (κ2) is 6.53. The van der Waals surface area contributed by atoms with Crippen LogP contribution < -0.4 is 4.90 Å². The maximum atomic E-state index is 13.6. The minimum atomic E-state index is -0.444. The fourth-order valence-electron chi connectivity index (χ4n) is 2.07. The van der Waals surface area contributed by atoms with E-state index in [1.807, 2.05) is 6.07 Å². The first-order chi connectivity index (χ1) is 8.45. The van der Waals surface area contributed by atoms with E-state index in [1.54, 1.807) is 6.07 Å². The van der Waals surface area contributed by atoms with Crippen molar-refractivity contribution < 1.29 is 9.18 Å². The lowest BCUT2D eigenvalue weighted by Crippen LogP contribution is -2.32. The Hall–Kier alpha value is -1.38. The van der Waals surface area contributed by atoms with E-state index in [9.17, 15) is 9.18 Å². The highest BCUT2D eigenvalue weighted by atomic mass is 19.1. The molecule has 0 aliphatic carbocycles. The Morgan fingerprint density at radius 2 is 1.72 bits per heavy atom. The van der Waals surface area contributed by atoms with E-state index in [-0.39, 0.29) is 5.56 Å². The van der Waals surface area contributed by atoms with Crippen molar-refractivity contribution in [3.05, 3.63) is 29.6 Å². The van der Waals surface area contributed by atoms with Crippen molar-refractivity contribution in [1.29, 1.82) is 0 Å². The van der Waals surface area contributed by atoms with Crippen molar-refractivity contribution in [1.82, 2.24) is 0 Å². The molecule has 0 heterocycles. The van der Waals surface area contributed by atoms with Crippen LogP contribution in [0.4, 0.5) is 10.1 Å². The van der Waals surface area contributed by atoms with Gasteiger partial charge in [0.15, 0.2) is 6.29 Å². The third-order valence-electron chi connectivity index (χ3n) is 2.66. The Balaban J connectivity index is 3.11. The second-order valence-corrected chi connectivity index (χ2v) is 5.48. The zero-order valence-corrected chi connectivity index (χ0v) is 11.6. The van der Waals surface area contributed by atoms with Crippen molar-refractivity contribution in [2.24, 2.45) is 11.8 Å².